The molecule has 24 heavy (non-hydrogen) atoms. The predicted octanol–water partition coefficient (Wildman–Crippen LogP) is 5.10. The molecule has 0 aliphatic carbocycles. The van der Waals surface area contributed by atoms with Gasteiger partial charge in [-0.2, -0.15) is 5.26 Å². The molecule has 1 aromatic carbocycles. The van der Waals surface area contributed by atoms with Crippen molar-refractivity contribution in [3.05, 3.63) is 45.5 Å². The SMILES string of the molecule is CCN(CC)c1ccc(N=Nc2sc([N+](=O)[O-])cc2C#N)c(C)c1. The van der Waals surface area contributed by atoms with Gasteiger partial charge in [0.05, 0.1) is 16.2 Å². The lowest BCUT2D eigenvalue weighted by atomic mass is 10.1. The third-order valence-corrected chi connectivity index (χ3v) is 4.53. The minimum absolute atomic E-state index is 0.117. The first-order valence-electron chi connectivity index (χ1n) is 7.45. The monoisotopic (exact) mass is 343 g/mol. The van der Waals surface area contributed by atoms with E-state index < -0.39 is 4.92 Å². The van der Waals surface area contributed by atoms with Gasteiger partial charge in [-0.15, -0.1) is 10.2 Å². The molecule has 0 atom stereocenters. The Labute approximate surface area is 144 Å². The zero-order valence-corrected chi connectivity index (χ0v) is 14.5. The second-order valence-electron chi connectivity index (χ2n) is 5.02. The van der Waals surface area contributed by atoms with Crippen LogP contribution < -0.4 is 4.90 Å². The third kappa shape index (κ3) is 3.75. The lowest BCUT2D eigenvalue weighted by molar-refractivity contribution is -0.380. The van der Waals surface area contributed by atoms with Gasteiger partial charge >= 0.3 is 5.00 Å². The summed E-state index contributed by atoms with van der Waals surface area (Å²) in [6.45, 7) is 7.96. The molecule has 0 N–H and O–H groups in total. The van der Waals surface area contributed by atoms with Crippen molar-refractivity contribution in [3.63, 3.8) is 0 Å². The van der Waals surface area contributed by atoms with Crippen molar-refractivity contribution in [3.8, 4) is 6.07 Å². The Balaban J connectivity index is 2.30. The van der Waals surface area contributed by atoms with E-state index in [4.69, 9.17) is 5.26 Å². The van der Waals surface area contributed by atoms with Crippen molar-refractivity contribution in [1.29, 1.82) is 5.26 Å². The van der Waals surface area contributed by atoms with Gasteiger partial charge in [-0.25, -0.2) is 0 Å². The zero-order valence-electron chi connectivity index (χ0n) is 13.7. The van der Waals surface area contributed by atoms with E-state index in [0.717, 1.165) is 35.7 Å². The molecule has 8 heteroatoms. The van der Waals surface area contributed by atoms with Crippen LogP contribution in [0.4, 0.5) is 21.4 Å². The van der Waals surface area contributed by atoms with Crippen molar-refractivity contribution < 1.29 is 4.92 Å². The number of rotatable bonds is 6. The lowest BCUT2D eigenvalue weighted by Gasteiger charge is -2.21. The van der Waals surface area contributed by atoms with Crippen LogP contribution in [-0.4, -0.2) is 18.0 Å². The Morgan fingerprint density at radius 2 is 2.00 bits per heavy atom. The molecule has 0 saturated heterocycles. The van der Waals surface area contributed by atoms with E-state index >= 15 is 0 Å². The van der Waals surface area contributed by atoms with Gasteiger partial charge in [0.1, 0.15) is 6.07 Å². The number of nitro groups is 1. The van der Waals surface area contributed by atoms with Crippen LogP contribution in [0.2, 0.25) is 0 Å². The maximum absolute atomic E-state index is 10.8. The molecule has 7 nitrogen and oxygen atoms in total. The van der Waals surface area contributed by atoms with Gasteiger partial charge in [0, 0.05) is 24.8 Å². The first-order valence-corrected chi connectivity index (χ1v) is 8.27. The summed E-state index contributed by atoms with van der Waals surface area (Å²) in [5.74, 6) is 0. The van der Waals surface area contributed by atoms with Crippen LogP contribution in [0.25, 0.3) is 0 Å². The maximum Gasteiger partial charge on any atom is 0.327 e. The summed E-state index contributed by atoms with van der Waals surface area (Å²) >= 11 is 0.842. The summed E-state index contributed by atoms with van der Waals surface area (Å²) in [7, 11) is 0. The van der Waals surface area contributed by atoms with Crippen molar-refractivity contribution in [1.82, 2.24) is 0 Å². The Hall–Kier alpha value is -2.79. The topological polar surface area (TPSA) is 94.9 Å². The molecule has 2 rings (SSSR count). The van der Waals surface area contributed by atoms with E-state index in [1.165, 1.54) is 6.07 Å². The van der Waals surface area contributed by atoms with E-state index in [0.29, 0.717) is 5.69 Å². The highest BCUT2D eigenvalue weighted by Crippen LogP contribution is 2.37. The largest absolute Gasteiger partial charge is 0.372 e. The number of benzene rings is 1. The summed E-state index contributed by atoms with van der Waals surface area (Å²) in [6.07, 6.45) is 0. The maximum atomic E-state index is 10.8. The quantitative estimate of drug-likeness (QED) is 0.414. The zero-order chi connectivity index (χ0) is 17.7. The molecule has 0 bridgehead atoms. The van der Waals surface area contributed by atoms with Crippen molar-refractivity contribution in [2.24, 2.45) is 10.2 Å². The fraction of sp³-hybridized carbons (Fsp3) is 0.312. The molecule has 0 fully saturated rings. The van der Waals surface area contributed by atoms with E-state index in [2.05, 4.69) is 29.0 Å². The van der Waals surface area contributed by atoms with Crippen LogP contribution in [-0.2, 0) is 0 Å². The summed E-state index contributed by atoms with van der Waals surface area (Å²) in [5, 5.41) is 28.2. The molecule has 0 saturated carbocycles. The Morgan fingerprint density at radius 3 is 2.54 bits per heavy atom. The fourth-order valence-corrected chi connectivity index (χ4v) is 3.00. The number of azo groups is 1. The summed E-state index contributed by atoms with van der Waals surface area (Å²) in [6, 6.07) is 8.99. The minimum Gasteiger partial charge on any atom is -0.372 e. The van der Waals surface area contributed by atoms with Crippen molar-refractivity contribution in [2.75, 3.05) is 18.0 Å². The lowest BCUT2D eigenvalue weighted by Crippen LogP contribution is -2.21. The highest BCUT2D eigenvalue weighted by molar-refractivity contribution is 7.19. The second-order valence-corrected chi connectivity index (χ2v) is 6.02. The first kappa shape index (κ1) is 17.6. The number of anilines is 1. The molecule has 1 heterocycles. The normalized spacial score (nSPS) is 10.8. The number of aryl methyl sites for hydroxylation is 1. The molecular formula is C16H17N5O2S. The molecule has 1 aromatic heterocycles. The number of thiophene rings is 1. The Bertz CT molecular complexity index is 818. The Kier molecular flexibility index (Phi) is 5.60. The van der Waals surface area contributed by atoms with Gasteiger partial charge in [-0.05, 0) is 55.9 Å². The van der Waals surface area contributed by atoms with Gasteiger partial charge in [-0.3, -0.25) is 10.1 Å². The number of nitriles is 1. The molecule has 0 amide bonds. The predicted molar refractivity (Wildman–Crippen MR) is 94.6 cm³/mol. The third-order valence-electron chi connectivity index (χ3n) is 3.56. The molecule has 0 spiro atoms. The molecule has 0 aliphatic rings. The molecule has 0 radical (unpaired) electrons. The van der Waals surface area contributed by atoms with E-state index in [1.54, 1.807) is 0 Å². The van der Waals surface area contributed by atoms with Gasteiger partial charge in [-0.1, -0.05) is 0 Å². The molecule has 0 unspecified atom stereocenters. The average Bonchev–Trinajstić information content (AvgIpc) is 2.99. The second kappa shape index (κ2) is 7.66. The molecular weight excluding hydrogens is 326 g/mol. The van der Waals surface area contributed by atoms with Crippen LogP contribution in [0.5, 0.6) is 0 Å². The van der Waals surface area contributed by atoms with E-state index in [-0.39, 0.29) is 15.6 Å². The van der Waals surface area contributed by atoms with Crippen LogP contribution in [0.3, 0.4) is 0 Å². The highest BCUT2D eigenvalue weighted by Gasteiger charge is 2.16. The van der Waals surface area contributed by atoms with Crippen LogP contribution in [0.1, 0.15) is 25.0 Å². The number of hydrogen-bond donors (Lipinski definition) is 0. The molecule has 124 valence electrons. The summed E-state index contributed by atoms with van der Waals surface area (Å²) in [5.41, 5.74) is 2.90. The van der Waals surface area contributed by atoms with E-state index in [9.17, 15) is 10.1 Å². The Morgan fingerprint density at radius 1 is 1.29 bits per heavy atom. The summed E-state index contributed by atoms with van der Waals surface area (Å²) in [4.78, 5) is 12.5. The van der Waals surface area contributed by atoms with Crippen LogP contribution in [0.15, 0.2) is 34.5 Å². The van der Waals surface area contributed by atoms with Gasteiger partial charge in [0.15, 0.2) is 5.00 Å². The fourth-order valence-electron chi connectivity index (χ4n) is 2.25. The average molecular weight is 343 g/mol. The van der Waals surface area contributed by atoms with Crippen molar-refractivity contribution in [2.45, 2.75) is 20.8 Å². The standard InChI is InChI=1S/C16H17N5O2S/c1-4-20(5-2)13-6-7-14(11(3)8-13)18-19-16-12(10-17)9-15(24-16)21(22)23/h6-9H,4-5H2,1-3H3. The van der Waals surface area contributed by atoms with E-state index in [1.807, 2.05) is 31.2 Å². The minimum atomic E-state index is -0.533. The van der Waals surface area contributed by atoms with Crippen LogP contribution in [0, 0.1) is 28.4 Å². The summed E-state index contributed by atoms with van der Waals surface area (Å²) < 4.78 is 0. The van der Waals surface area contributed by atoms with Gasteiger partial charge in [0.25, 0.3) is 0 Å². The van der Waals surface area contributed by atoms with Crippen LogP contribution >= 0.6 is 11.3 Å². The molecule has 2 aromatic rings. The number of nitrogens with zero attached hydrogens (tertiary/aromatic N) is 5. The van der Waals surface area contributed by atoms with Gasteiger partial charge < -0.3 is 4.90 Å². The number of hydrogen-bond acceptors (Lipinski definition) is 7. The smallest absolute Gasteiger partial charge is 0.327 e. The highest BCUT2D eigenvalue weighted by atomic mass is 32.1. The first-order chi connectivity index (χ1) is 11.5. The molecule has 0 aliphatic heterocycles. The van der Waals surface area contributed by atoms with Crippen molar-refractivity contribution >= 4 is 32.7 Å². The van der Waals surface area contributed by atoms with Gasteiger partial charge in [0.2, 0.25) is 0 Å².